The van der Waals surface area contributed by atoms with Crippen LogP contribution in [-0.4, -0.2) is 20.3 Å². The minimum atomic E-state index is -1.87. The largest absolute Gasteiger partial charge is 0.384 e. The van der Waals surface area contributed by atoms with Crippen molar-refractivity contribution >= 4 is 0 Å². The van der Waals surface area contributed by atoms with Crippen molar-refractivity contribution in [2.45, 2.75) is 24.9 Å². The van der Waals surface area contributed by atoms with Gasteiger partial charge in [0.1, 0.15) is 29.4 Å². The van der Waals surface area contributed by atoms with Gasteiger partial charge in [-0.2, -0.15) is 5.10 Å². The molecule has 0 amide bonds. The van der Waals surface area contributed by atoms with E-state index in [1.807, 2.05) is 0 Å². The van der Waals surface area contributed by atoms with Crippen molar-refractivity contribution in [2.24, 2.45) is 0 Å². The van der Waals surface area contributed by atoms with Crippen LogP contribution in [0.3, 0.4) is 0 Å². The number of H-pyrrole nitrogens is 1. The van der Waals surface area contributed by atoms with Crippen molar-refractivity contribution in [3.8, 4) is 0 Å². The minimum absolute atomic E-state index is 0.144. The van der Waals surface area contributed by atoms with Crippen LogP contribution in [0.5, 0.6) is 0 Å². The zero-order valence-electron chi connectivity index (χ0n) is 13.4. The summed E-state index contributed by atoms with van der Waals surface area (Å²) < 4.78 is 41.9. The van der Waals surface area contributed by atoms with Gasteiger partial charge in [0.15, 0.2) is 5.82 Å². The highest BCUT2D eigenvalue weighted by Gasteiger charge is 2.41. The van der Waals surface area contributed by atoms with Gasteiger partial charge in [-0.1, -0.05) is 31.2 Å². The lowest BCUT2D eigenvalue weighted by molar-refractivity contribution is 0.00640. The van der Waals surface area contributed by atoms with Crippen LogP contribution in [0.15, 0.2) is 48.8 Å². The Bertz CT molecular complexity index is 870. The van der Waals surface area contributed by atoms with Crippen LogP contribution in [0.25, 0.3) is 0 Å². The molecule has 0 spiro atoms. The summed E-state index contributed by atoms with van der Waals surface area (Å²) in [5, 5.41) is 17.8. The molecule has 3 aromatic rings. The molecule has 25 heavy (non-hydrogen) atoms. The van der Waals surface area contributed by atoms with Gasteiger partial charge in [0.25, 0.3) is 0 Å². The fraction of sp³-hybridized carbons (Fsp3) is 0.222. The van der Waals surface area contributed by atoms with Crippen molar-refractivity contribution in [1.29, 1.82) is 0 Å². The first-order valence-electron chi connectivity index (χ1n) is 7.69. The van der Waals surface area contributed by atoms with Crippen molar-refractivity contribution < 1.29 is 18.3 Å². The standard InChI is InChI=1S/C18H16F3N3O/c1-11(13-4-2-3-5-15(13)20)18(25,9-17-22-10-23-24-17)14-7-6-12(19)8-16(14)21/h2-8,10-11,25H,9H2,1H3,(H,22,23,24). The number of hydrogen-bond donors (Lipinski definition) is 2. The lowest BCUT2D eigenvalue weighted by Crippen LogP contribution is -2.36. The lowest BCUT2D eigenvalue weighted by Gasteiger charge is -2.34. The third-order valence-corrected chi connectivity index (χ3v) is 4.38. The molecule has 0 saturated heterocycles. The summed E-state index contributed by atoms with van der Waals surface area (Å²) in [6.45, 7) is 1.58. The molecular weight excluding hydrogens is 331 g/mol. The summed E-state index contributed by atoms with van der Waals surface area (Å²) in [5.41, 5.74) is -1.80. The molecule has 4 nitrogen and oxygen atoms in total. The quantitative estimate of drug-likeness (QED) is 0.743. The molecule has 0 fully saturated rings. The van der Waals surface area contributed by atoms with E-state index in [1.54, 1.807) is 13.0 Å². The fourth-order valence-electron chi connectivity index (χ4n) is 2.97. The SMILES string of the molecule is CC(c1ccccc1F)C(O)(Cc1nc[nH]n1)c1ccc(F)cc1F. The topological polar surface area (TPSA) is 61.8 Å². The van der Waals surface area contributed by atoms with E-state index in [1.165, 1.54) is 24.5 Å². The van der Waals surface area contributed by atoms with Crippen LogP contribution in [-0.2, 0) is 12.0 Å². The van der Waals surface area contributed by atoms with Crippen LogP contribution < -0.4 is 0 Å². The average Bonchev–Trinajstić information content (AvgIpc) is 3.07. The Balaban J connectivity index is 2.13. The Morgan fingerprint density at radius 3 is 2.52 bits per heavy atom. The number of nitrogens with zero attached hydrogens (tertiary/aromatic N) is 2. The molecule has 0 aliphatic rings. The van der Waals surface area contributed by atoms with Crippen molar-refractivity contribution in [3.05, 3.63) is 83.2 Å². The number of rotatable bonds is 5. The molecule has 0 bridgehead atoms. The monoisotopic (exact) mass is 347 g/mol. The molecule has 0 aliphatic carbocycles. The van der Waals surface area contributed by atoms with Gasteiger partial charge in [-0.15, -0.1) is 0 Å². The van der Waals surface area contributed by atoms with Gasteiger partial charge in [-0.05, 0) is 17.7 Å². The van der Waals surface area contributed by atoms with E-state index < -0.39 is 29.0 Å². The number of aromatic nitrogens is 3. The Kier molecular flexibility index (Phi) is 4.59. The number of aliphatic hydroxyl groups is 1. The van der Waals surface area contributed by atoms with Crippen LogP contribution in [0.4, 0.5) is 13.2 Å². The maximum atomic E-state index is 14.4. The van der Waals surface area contributed by atoms with Crippen LogP contribution in [0, 0.1) is 17.5 Å². The smallest absolute Gasteiger partial charge is 0.153 e. The molecule has 130 valence electrons. The molecule has 2 N–H and O–H groups in total. The second kappa shape index (κ2) is 6.68. The molecule has 1 aromatic heterocycles. The van der Waals surface area contributed by atoms with Gasteiger partial charge in [0.2, 0.25) is 0 Å². The van der Waals surface area contributed by atoms with Gasteiger partial charge in [0.05, 0.1) is 0 Å². The molecule has 2 unspecified atom stereocenters. The van der Waals surface area contributed by atoms with Crippen molar-refractivity contribution in [3.63, 3.8) is 0 Å². The Hall–Kier alpha value is -2.67. The summed E-state index contributed by atoms with van der Waals surface area (Å²) in [5.74, 6) is -2.81. The zero-order valence-corrected chi connectivity index (χ0v) is 13.4. The molecular formula is C18H16F3N3O. The Morgan fingerprint density at radius 1 is 1.12 bits per heavy atom. The normalized spacial score (nSPS) is 14.9. The first-order chi connectivity index (χ1) is 11.9. The van der Waals surface area contributed by atoms with Gasteiger partial charge < -0.3 is 5.11 Å². The van der Waals surface area contributed by atoms with E-state index in [-0.39, 0.29) is 23.4 Å². The molecule has 2 aromatic carbocycles. The summed E-state index contributed by atoms with van der Waals surface area (Å²) in [6.07, 6.45) is 1.15. The molecule has 2 atom stereocenters. The lowest BCUT2D eigenvalue weighted by atomic mass is 9.75. The third kappa shape index (κ3) is 3.28. The average molecular weight is 347 g/mol. The molecule has 0 saturated carbocycles. The predicted octanol–water partition coefficient (Wildman–Crippen LogP) is 3.46. The summed E-state index contributed by atoms with van der Waals surface area (Å²) in [7, 11) is 0. The second-order valence-corrected chi connectivity index (χ2v) is 5.88. The Morgan fingerprint density at radius 2 is 1.88 bits per heavy atom. The fourth-order valence-corrected chi connectivity index (χ4v) is 2.97. The number of halogens is 3. The first-order valence-corrected chi connectivity index (χ1v) is 7.69. The second-order valence-electron chi connectivity index (χ2n) is 5.88. The van der Waals surface area contributed by atoms with E-state index in [0.717, 1.165) is 12.1 Å². The van der Waals surface area contributed by atoms with Gasteiger partial charge in [-0.3, -0.25) is 5.10 Å². The van der Waals surface area contributed by atoms with E-state index in [9.17, 15) is 18.3 Å². The predicted molar refractivity (Wildman–Crippen MR) is 85.2 cm³/mol. The van der Waals surface area contributed by atoms with E-state index in [0.29, 0.717) is 6.07 Å². The highest BCUT2D eigenvalue weighted by molar-refractivity contribution is 5.33. The summed E-state index contributed by atoms with van der Waals surface area (Å²) >= 11 is 0. The molecule has 3 rings (SSSR count). The van der Waals surface area contributed by atoms with Gasteiger partial charge in [0, 0.05) is 24.0 Å². The number of aromatic amines is 1. The summed E-state index contributed by atoms with van der Waals surface area (Å²) in [4.78, 5) is 3.96. The molecule has 7 heteroatoms. The number of benzene rings is 2. The van der Waals surface area contributed by atoms with Gasteiger partial charge in [-0.25, -0.2) is 18.2 Å². The van der Waals surface area contributed by atoms with Crippen LogP contribution in [0.1, 0.15) is 29.8 Å². The van der Waals surface area contributed by atoms with Crippen LogP contribution in [0.2, 0.25) is 0 Å². The Labute approximate surface area is 142 Å². The highest BCUT2D eigenvalue weighted by atomic mass is 19.1. The molecule has 0 aliphatic heterocycles. The third-order valence-electron chi connectivity index (χ3n) is 4.38. The van der Waals surface area contributed by atoms with Crippen molar-refractivity contribution in [2.75, 3.05) is 0 Å². The maximum absolute atomic E-state index is 14.4. The van der Waals surface area contributed by atoms with E-state index >= 15 is 0 Å². The van der Waals surface area contributed by atoms with Crippen molar-refractivity contribution in [1.82, 2.24) is 15.2 Å². The summed E-state index contributed by atoms with van der Waals surface area (Å²) in [6, 6.07) is 8.84. The van der Waals surface area contributed by atoms with E-state index in [2.05, 4.69) is 15.2 Å². The van der Waals surface area contributed by atoms with E-state index in [4.69, 9.17) is 0 Å². The minimum Gasteiger partial charge on any atom is -0.384 e. The zero-order chi connectivity index (χ0) is 18.0. The van der Waals surface area contributed by atoms with Crippen LogP contribution >= 0.6 is 0 Å². The number of hydrogen-bond acceptors (Lipinski definition) is 3. The maximum Gasteiger partial charge on any atom is 0.153 e. The van der Waals surface area contributed by atoms with Gasteiger partial charge >= 0.3 is 0 Å². The number of nitrogens with one attached hydrogen (secondary N) is 1. The highest BCUT2D eigenvalue weighted by Crippen LogP contribution is 2.41. The molecule has 1 heterocycles. The molecule has 0 radical (unpaired) electrons. The first kappa shape index (κ1) is 17.2.